The predicted molar refractivity (Wildman–Crippen MR) is 67.4 cm³/mol. The van der Waals surface area contributed by atoms with Gasteiger partial charge in [0.15, 0.2) is 0 Å². The molecule has 3 heteroatoms. The van der Waals surface area contributed by atoms with Gasteiger partial charge < -0.3 is 5.32 Å². The van der Waals surface area contributed by atoms with Gasteiger partial charge in [-0.15, -0.1) is 0 Å². The lowest BCUT2D eigenvalue weighted by Gasteiger charge is -2.21. The van der Waals surface area contributed by atoms with Crippen molar-refractivity contribution in [2.45, 2.75) is 33.2 Å². The Kier molecular flexibility index (Phi) is 5.23. The normalized spacial score (nSPS) is 13.1. The van der Waals surface area contributed by atoms with E-state index < -0.39 is 0 Å². The Morgan fingerprint density at radius 1 is 1.38 bits per heavy atom. The summed E-state index contributed by atoms with van der Waals surface area (Å²) in [5, 5.41) is 3.60. The molecule has 1 unspecified atom stereocenters. The van der Waals surface area contributed by atoms with Crippen LogP contribution in [0.15, 0.2) is 18.2 Å². The van der Waals surface area contributed by atoms with E-state index in [0.717, 1.165) is 18.5 Å². The van der Waals surface area contributed by atoms with Crippen LogP contribution in [0.4, 0.5) is 4.39 Å². The largest absolute Gasteiger partial charge is 0.314 e. The lowest BCUT2D eigenvalue weighted by Crippen LogP contribution is -2.35. The van der Waals surface area contributed by atoms with Gasteiger partial charge >= 0.3 is 0 Å². The predicted octanol–water partition coefficient (Wildman–Crippen LogP) is 3.66. The standard InChI is InChI=1S/C13H19ClFN/c1-4-16-13(9(2)3)8-10-5-6-11(14)12(15)7-10/h5-7,9,13,16H,4,8H2,1-3H3. The first-order valence-electron chi connectivity index (χ1n) is 5.72. The third-order valence-electron chi connectivity index (χ3n) is 2.71. The van der Waals surface area contributed by atoms with Crippen molar-refractivity contribution < 1.29 is 4.39 Å². The number of halogens is 2. The van der Waals surface area contributed by atoms with E-state index in [1.165, 1.54) is 6.07 Å². The van der Waals surface area contributed by atoms with Crippen molar-refractivity contribution >= 4 is 11.6 Å². The summed E-state index contributed by atoms with van der Waals surface area (Å²) in [6, 6.07) is 5.41. The molecule has 0 aromatic heterocycles. The van der Waals surface area contributed by atoms with Gasteiger partial charge in [0.05, 0.1) is 5.02 Å². The summed E-state index contributed by atoms with van der Waals surface area (Å²) in [7, 11) is 0. The summed E-state index contributed by atoms with van der Waals surface area (Å²) in [4.78, 5) is 0. The van der Waals surface area contributed by atoms with Gasteiger partial charge in [-0.3, -0.25) is 0 Å². The third kappa shape index (κ3) is 3.76. The lowest BCUT2D eigenvalue weighted by molar-refractivity contribution is 0.405. The smallest absolute Gasteiger partial charge is 0.142 e. The van der Waals surface area contributed by atoms with E-state index in [2.05, 4.69) is 26.1 Å². The van der Waals surface area contributed by atoms with Crippen molar-refractivity contribution in [3.63, 3.8) is 0 Å². The first kappa shape index (κ1) is 13.5. The molecule has 0 radical (unpaired) electrons. The highest BCUT2D eigenvalue weighted by molar-refractivity contribution is 6.30. The van der Waals surface area contributed by atoms with Crippen LogP contribution in [0.3, 0.4) is 0 Å². The topological polar surface area (TPSA) is 12.0 Å². The fraction of sp³-hybridized carbons (Fsp3) is 0.538. The molecule has 90 valence electrons. The molecule has 1 rings (SSSR count). The lowest BCUT2D eigenvalue weighted by atomic mass is 9.96. The van der Waals surface area contributed by atoms with Crippen LogP contribution in [0.2, 0.25) is 5.02 Å². The highest BCUT2D eigenvalue weighted by Gasteiger charge is 2.13. The van der Waals surface area contributed by atoms with E-state index in [0.29, 0.717) is 12.0 Å². The quantitative estimate of drug-likeness (QED) is 0.832. The van der Waals surface area contributed by atoms with Crippen LogP contribution < -0.4 is 5.32 Å². The minimum Gasteiger partial charge on any atom is -0.314 e. The third-order valence-corrected chi connectivity index (χ3v) is 3.02. The molecule has 1 atom stereocenters. The molecule has 1 aromatic rings. The molecule has 0 spiro atoms. The first-order chi connectivity index (χ1) is 7.54. The van der Waals surface area contributed by atoms with Gasteiger partial charge in [0.2, 0.25) is 0 Å². The minimum absolute atomic E-state index is 0.188. The summed E-state index contributed by atoms with van der Waals surface area (Å²) in [6.07, 6.45) is 0.833. The molecule has 0 heterocycles. The SMILES string of the molecule is CCNC(Cc1ccc(Cl)c(F)c1)C(C)C. The van der Waals surface area contributed by atoms with Crippen molar-refractivity contribution in [3.05, 3.63) is 34.6 Å². The van der Waals surface area contributed by atoms with E-state index in [1.807, 2.05) is 6.07 Å². The van der Waals surface area contributed by atoms with Crippen LogP contribution in [0.1, 0.15) is 26.3 Å². The van der Waals surface area contributed by atoms with E-state index in [4.69, 9.17) is 11.6 Å². The molecule has 0 aliphatic rings. The summed E-state index contributed by atoms with van der Waals surface area (Å²) >= 11 is 5.65. The highest BCUT2D eigenvalue weighted by atomic mass is 35.5. The van der Waals surface area contributed by atoms with Gasteiger partial charge in [0.1, 0.15) is 5.82 Å². The van der Waals surface area contributed by atoms with E-state index in [-0.39, 0.29) is 10.8 Å². The van der Waals surface area contributed by atoms with Crippen LogP contribution in [0.5, 0.6) is 0 Å². The maximum absolute atomic E-state index is 13.3. The minimum atomic E-state index is -0.335. The number of hydrogen-bond acceptors (Lipinski definition) is 1. The zero-order valence-corrected chi connectivity index (χ0v) is 10.8. The van der Waals surface area contributed by atoms with Gasteiger partial charge in [-0.1, -0.05) is 38.4 Å². The fourth-order valence-electron chi connectivity index (χ4n) is 1.73. The number of benzene rings is 1. The second kappa shape index (κ2) is 6.21. The Labute approximate surface area is 102 Å². The average molecular weight is 244 g/mol. The number of hydrogen-bond donors (Lipinski definition) is 1. The average Bonchev–Trinajstić information content (AvgIpc) is 2.22. The molecule has 1 N–H and O–H groups in total. The number of rotatable bonds is 5. The molecule has 0 saturated heterocycles. The summed E-state index contributed by atoms with van der Waals surface area (Å²) < 4.78 is 13.3. The van der Waals surface area contributed by atoms with Crippen LogP contribution in [-0.2, 0) is 6.42 Å². The Hall–Kier alpha value is -0.600. The van der Waals surface area contributed by atoms with Gasteiger partial charge in [0.25, 0.3) is 0 Å². The van der Waals surface area contributed by atoms with Gasteiger partial charge in [-0.2, -0.15) is 0 Å². The van der Waals surface area contributed by atoms with Crippen molar-refractivity contribution in [1.29, 1.82) is 0 Å². The second-order valence-corrected chi connectivity index (χ2v) is 4.77. The van der Waals surface area contributed by atoms with E-state index >= 15 is 0 Å². The Balaban J connectivity index is 2.73. The van der Waals surface area contributed by atoms with Crippen LogP contribution >= 0.6 is 11.6 Å². The molecule has 0 saturated carbocycles. The van der Waals surface area contributed by atoms with Crippen LogP contribution in [0, 0.1) is 11.7 Å². The Morgan fingerprint density at radius 2 is 2.06 bits per heavy atom. The Bertz CT molecular complexity index is 339. The zero-order chi connectivity index (χ0) is 12.1. The zero-order valence-electron chi connectivity index (χ0n) is 10.1. The number of likely N-dealkylation sites (N-methyl/N-ethyl adjacent to an activating group) is 1. The van der Waals surface area contributed by atoms with Gasteiger partial charge in [-0.05, 0) is 36.6 Å². The molecule has 0 aliphatic carbocycles. The van der Waals surface area contributed by atoms with Crippen molar-refractivity contribution in [2.75, 3.05) is 6.54 Å². The molecule has 16 heavy (non-hydrogen) atoms. The van der Waals surface area contributed by atoms with Gasteiger partial charge in [-0.25, -0.2) is 4.39 Å². The molecule has 0 amide bonds. The summed E-state index contributed by atoms with van der Waals surface area (Å²) in [5.74, 6) is 0.192. The fourth-order valence-corrected chi connectivity index (χ4v) is 1.84. The maximum Gasteiger partial charge on any atom is 0.142 e. The molecule has 0 aliphatic heterocycles. The first-order valence-corrected chi connectivity index (χ1v) is 6.09. The summed E-state index contributed by atoms with van der Waals surface area (Å²) in [5.41, 5.74) is 0.988. The molecule has 1 aromatic carbocycles. The monoisotopic (exact) mass is 243 g/mol. The molecular formula is C13H19ClFN. The number of nitrogens with one attached hydrogen (secondary N) is 1. The van der Waals surface area contributed by atoms with Crippen molar-refractivity contribution in [3.8, 4) is 0 Å². The second-order valence-electron chi connectivity index (χ2n) is 4.36. The van der Waals surface area contributed by atoms with Crippen LogP contribution in [-0.4, -0.2) is 12.6 Å². The highest BCUT2D eigenvalue weighted by Crippen LogP contribution is 2.18. The Morgan fingerprint density at radius 3 is 2.56 bits per heavy atom. The molecule has 0 fully saturated rings. The maximum atomic E-state index is 13.3. The summed E-state index contributed by atoms with van der Waals surface area (Å²) in [6.45, 7) is 7.34. The van der Waals surface area contributed by atoms with Crippen molar-refractivity contribution in [1.82, 2.24) is 5.32 Å². The van der Waals surface area contributed by atoms with Crippen LogP contribution in [0.25, 0.3) is 0 Å². The molecule has 1 nitrogen and oxygen atoms in total. The molecule has 0 bridgehead atoms. The van der Waals surface area contributed by atoms with Crippen molar-refractivity contribution in [2.24, 2.45) is 5.92 Å². The van der Waals surface area contributed by atoms with E-state index in [9.17, 15) is 4.39 Å². The molecular weight excluding hydrogens is 225 g/mol. The van der Waals surface area contributed by atoms with Gasteiger partial charge in [0, 0.05) is 6.04 Å². The van der Waals surface area contributed by atoms with E-state index in [1.54, 1.807) is 6.07 Å².